The van der Waals surface area contributed by atoms with E-state index in [0.29, 0.717) is 18.6 Å². The number of pyridine rings is 1. The van der Waals surface area contributed by atoms with Gasteiger partial charge in [-0.15, -0.1) is 11.3 Å². The molecule has 0 aliphatic rings. The Morgan fingerprint density at radius 1 is 1.20 bits per heavy atom. The van der Waals surface area contributed by atoms with Gasteiger partial charge in [-0.05, 0) is 18.2 Å². The minimum absolute atomic E-state index is 0.00456. The molecular formula is C19H20N4O5S2. The lowest BCUT2D eigenvalue weighted by Gasteiger charge is -2.18. The SMILES string of the molecule is CCN(CC)S(=O)(=O)c1ccc2[nH]c(=O)cc(C(=O)Nc3nc(C(C)=O)cs3)c2c1. The molecule has 2 aromatic heterocycles. The Bertz CT molecular complexity index is 1290. The summed E-state index contributed by atoms with van der Waals surface area (Å²) in [5.41, 5.74) is 0.0499. The number of aromatic nitrogens is 2. The van der Waals surface area contributed by atoms with Crippen LogP contribution in [0.15, 0.2) is 39.3 Å². The van der Waals surface area contributed by atoms with Crippen LogP contribution in [0.2, 0.25) is 0 Å². The third kappa shape index (κ3) is 4.18. The van der Waals surface area contributed by atoms with Crippen LogP contribution in [0.25, 0.3) is 10.9 Å². The second-order valence-corrected chi connectivity index (χ2v) is 9.19. The molecule has 0 radical (unpaired) electrons. The average molecular weight is 449 g/mol. The topological polar surface area (TPSA) is 129 Å². The molecule has 158 valence electrons. The Hall–Kier alpha value is -2.89. The maximum atomic E-state index is 12.9. The Morgan fingerprint density at radius 3 is 2.50 bits per heavy atom. The molecule has 0 aliphatic carbocycles. The van der Waals surface area contributed by atoms with Gasteiger partial charge in [-0.25, -0.2) is 13.4 Å². The molecule has 2 N–H and O–H groups in total. The normalized spacial score (nSPS) is 11.7. The van der Waals surface area contributed by atoms with Crippen molar-refractivity contribution in [3.05, 3.63) is 51.3 Å². The van der Waals surface area contributed by atoms with Gasteiger partial charge >= 0.3 is 0 Å². The molecule has 11 heteroatoms. The summed E-state index contributed by atoms with van der Waals surface area (Å²) in [6.45, 7) is 5.45. The van der Waals surface area contributed by atoms with Crippen molar-refractivity contribution in [2.45, 2.75) is 25.7 Å². The number of ketones is 1. The highest BCUT2D eigenvalue weighted by Crippen LogP contribution is 2.24. The zero-order valence-electron chi connectivity index (χ0n) is 16.6. The van der Waals surface area contributed by atoms with Crippen LogP contribution < -0.4 is 10.9 Å². The van der Waals surface area contributed by atoms with Crippen LogP contribution in [0.3, 0.4) is 0 Å². The quantitative estimate of drug-likeness (QED) is 0.534. The standard InChI is InChI=1S/C19H20N4O5S2/c1-4-23(5-2)30(27,28)12-6-7-15-13(8-12)14(9-17(25)20-15)18(26)22-19-21-16(10-29-19)11(3)24/h6-10H,4-5H2,1-3H3,(H,20,25)(H,21,22,26). The monoisotopic (exact) mass is 448 g/mol. The lowest BCUT2D eigenvalue weighted by Crippen LogP contribution is -2.30. The number of benzene rings is 1. The fourth-order valence-electron chi connectivity index (χ4n) is 2.95. The largest absolute Gasteiger partial charge is 0.322 e. The minimum atomic E-state index is -3.75. The van der Waals surface area contributed by atoms with Crippen molar-refractivity contribution < 1.29 is 18.0 Å². The van der Waals surface area contributed by atoms with E-state index < -0.39 is 21.5 Å². The number of rotatable bonds is 7. The van der Waals surface area contributed by atoms with Crippen molar-refractivity contribution in [3.63, 3.8) is 0 Å². The molecule has 0 aliphatic heterocycles. The van der Waals surface area contributed by atoms with Crippen LogP contribution in [0, 0.1) is 0 Å². The minimum Gasteiger partial charge on any atom is -0.322 e. The van der Waals surface area contributed by atoms with Crippen LogP contribution >= 0.6 is 11.3 Å². The third-order valence-corrected chi connectivity index (χ3v) is 7.29. The Balaban J connectivity index is 2.08. The second-order valence-electron chi connectivity index (χ2n) is 6.39. The number of sulfonamides is 1. The first-order valence-corrected chi connectivity index (χ1v) is 11.4. The zero-order valence-corrected chi connectivity index (χ0v) is 18.2. The Kier molecular flexibility index (Phi) is 6.15. The summed E-state index contributed by atoms with van der Waals surface area (Å²) < 4.78 is 27.0. The summed E-state index contributed by atoms with van der Waals surface area (Å²) in [5.74, 6) is -0.868. The number of nitrogens with one attached hydrogen (secondary N) is 2. The van der Waals surface area contributed by atoms with Crippen molar-refractivity contribution in [2.75, 3.05) is 18.4 Å². The van der Waals surface area contributed by atoms with Crippen molar-refractivity contribution in [3.8, 4) is 0 Å². The molecule has 3 aromatic rings. The predicted molar refractivity (Wildman–Crippen MR) is 115 cm³/mol. The van der Waals surface area contributed by atoms with Gasteiger partial charge < -0.3 is 4.98 Å². The number of carbonyl (C=O) groups is 2. The zero-order chi connectivity index (χ0) is 22.1. The summed E-state index contributed by atoms with van der Waals surface area (Å²) >= 11 is 1.08. The van der Waals surface area contributed by atoms with E-state index in [4.69, 9.17) is 0 Å². The van der Waals surface area contributed by atoms with Gasteiger partial charge in [0.25, 0.3) is 5.91 Å². The highest BCUT2D eigenvalue weighted by molar-refractivity contribution is 7.89. The van der Waals surface area contributed by atoms with E-state index >= 15 is 0 Å². The molecule has 0 unspecified atom stereocenters. The number of thiazole rings is 1. The fraction of sp³-hybridized carbons (Fsp3) is 0.263. The van der Waals surface area contributed by atoms with Gasteiger partial charge in [0.1, 0.15) is 5.69 Å². The van der Waals surface area contributed by atoms with Crippen LogP contribution in [0.1, 0.15) is 41.6 Å². The summed E-state index contributed by atoms with van der Waals surface area (Å²) in [7, 11) is -3.75. The predicted octanol–water partition coefficient (Wildman–Crippen LogP) is 2.47. The number of carbonyl (C=O) groups excluding carboxylic acids is 2. The van der Waals surface area contributed by atoms with E-state index in [2.05, 4.69) is 15.3 Å². The van der Waals surface area contributed by atoms with Gasteiger partial charge in [0.05, 0.1) is 10.5 Å². The van der Waals surface area contributed by atoms with E-state index in [0.717, 1.165) is 17.4 Å². The van der Waals surface area contributed by atoms with E-state index in [1.54, 1.807) is 13.8 Å². The number of amides is 1. The summed E-state index contributed by atoms with van der Waals surface area (Å²) in [5, 5.41) is 4.56. The van der Waals surface area contributed by atoms with E-state index in [9.17, 15) is 22.8 Å². The van der Waals surface area contributed by atoms with Gasteiger partial charge in [0.2, 0.25) is 15.6 Å². The van der Waals surface area contributed by atoms with Crippen LogP contribution in [-0.2, 0) is 10.0 Å². The van der Waals surface area contributed by atoms with Gasteiger partial charge in [-0.3, -0.25) is 19.7 Å². The molecular weight excluding hydrogens is 428 g/mol. The first kappa shape index (κ1) is 21.8. The van der Waals surface area contributed by atoms with Crippen LogP contribution in [0.4, 0.5) is 5.13 Å². The lowest BCUT2D eigenvalue weighted by molar-refractivity contribution is 0.100. The summed E-state index contributed by atoms with van der Waals surface area (Å²) in [4.78, 5) is 42.9. The molecule has 0 fully saturated rings. The molecule has 3 rings (SSSR count). The molecule has 0 saturated heterocycles. The average Bonchev–Trinajstić information content (AvgIpc) is 3.16. The maximum absolute atomic E-state index is 12.9. The summed E-state index contributed by atoms with van der Waals surface area (Å²) in [6, 6.07) is 5.33. The first-order valence-electron chi connectivity index (χ1n) is 9.12. The van der Waals surface area contributed by atoms with Crippen LogP contribution in [-0.4, -0.2) is 47.5 Å². The summed E-state index contributed by atoms with van der Waals surface area (Å²) in [6.07, 6.45) is 0. The number of Topliss-reactive ketones (excluding diaryl/α,β-unsaturated/α-hetero) is 1. The van der Waals surface area contributed by atoms with Gasteiger partial charge in [-0.2, -0.15) is 4.31 Å². The Morgan fingerprint density at radius 2 is 1.90 bits per heavy atom. The van der Waals surface area contributed by atoms with Crippen molar-refractivity contribution in [1.82, 2.24) is 14.3 Å². The number of aromatic amines is 1. The second kappa shape index (κ2) is 8.46. The lowest BCUT2D eigenvalue weighted by atomic mass is 10.1. The molecule has 2 heterocycles. The molecule has 0 saturated carbocycles. The molecule has 1 amide bonds. The molecule has 1 aromatic carbocycles. The van der Waals surface area contributed by atoms with Gasteiger partial charge in [-0.1, -0.05) is 13.8 Å². The molecule has 30 heavy (non-hydrogen) atoms. The Labute approximate surface area is 176 Å². The molecule has 0 atom stereocenters. The fourth-order valence-corrected chi connectivity index (χ4v) is 5.18. The molecule has 0 bridgehead atoms. The number of hydrogen-bond donors (Lipinski definition) is 2. The number of nitrogens with zero attached hydrogens (tertiary/aromatic N) is 2. The van der Waals surface area contributed by atoms with Gasteiger partial charge in [0, 0.05) is 42.4 Å². The van der Waals surface area contributed by atoms with Crippen molar-refractivity contribution in [2.24, 2.45) is 0 Å². The molecule has 9 nitrogen and oxygen atoms in total. The first-order chi connectivity index (χ1) is 14.2. The van der Waals surface area contributed by atoms with E-state index in [-0.39, 0.29) is 32.5 Å². The van der Waals surface area contributed by atoms with Crippen molar-refractivity contribution in [1.29, 1.82) is 0 Å². The van der Waals surface area contributed by atoms with Gasteiger partial charge in [0.15, 0.2) is 10.9 Å². The van der Waals surface area contributed by atoms with Crippen LogP contribution in [0.5, 0.6) is 0 Å². The number of fused-ring (bicyclic) bond motifs is 1. The van der Waals surface area contributed by atoms with Crippen molar-refractivity contribution >= 4 is 49.1 Å². The maximum Gasteiger partial charge on any atom is 0.258 e. The number of anilines is 1. The highest BCUT2D eigenvalue weighted by Gasteiger charge is 2.23. The third-order valence-electron chi connectivity index (χ3n) is 4.49. The highest BCUT2D eigenvalue weighted by atomic mass is 32.2. The van der Waals surface area contributed by atoms with E-state index in [1.807, 2.05) is 0 Å². The van der Waals surface area contributed by atoms with E-state index in [1.165, 1.54) is 34.8 Å². The number of H-pyrrole nitrogens is 1. The number of hydrogen-bond acceptors (Lipinski definition) is 7. The smallest absolute Gasteiger partial charge is 0.258 e. The molecule has 0 spiro atoms.